The molecule has 1 saturated carbocycles. The maximum Gasteiger partial charge on any atom is 0.119 e. The lowest BCUT2D eigenvalue weighted by molar-refractivity contribution is 0.0307. The fourth-order valence-corrected chi connectivity index (χ4v) is 3.87. The Kier molecular flexibility index (Phi) is 5.92. The first-order chi connectivity index (χ1) is 11.3. The smallest absolute Gasteiger partial charge is 0.119 e. The van der Waals surface area contributed by atoms with Crippen LogP contribution >= 0.6 is 0 Å². The van der Waals surface area contributed by atoms with Crippen molar-refractivity contribution in [1.82, 2.24) is 4.90 Å². The number of nitrogens with zero attached hydrogens (tertiary/aromatic N) is 1. The fourth-order valence-electron chi connectivity index (χ4n) is 3.87. The van der Waals surface area contributed by atoms with Crippen LogP contribution in [0, 0.1) is 0 Å². The van der Waals surface area contributed by atoms with E-state index in [1.807, 2.05) is 24.3 Å². The predicted octanol–water partition coefficient (Wildman–Crippen LogP) is 3.15. The summed E-state index contributed by atoms with van der Waals surface area (Å²) in [4.78, 5) is 2.47. The van der Waals surface area contributed by atoms with E-state index in [0.717, 1.165) is 30.9 Å². The SMILES string of the molecule is COc1cccc(C(O)CN(CC2CCCO2)C2CCCC2)c1. The summed E-state index contributed by atoms with van der Waals surface area (Å²) in [7, 11) is 1.66. The Labute approximate surface area is 139 Å². The van der Waals surface area contributed by atoms with Gasteiger partial charge in [0.1, 0.15) is 5.75 Å². The van der Waals surface area contributed by atoms with Gasteiger partial charge in [0.15, 0.2) is 0 Å². The molecule has 0 spiro atoms. The van der Waals surface area contributed by atoms with Gasteiger partial charge in [0.05, 0.1) is 19.3 Å². The number of ether oxygens (including phenoxy) is 2. The Morgan fingerprint density at radius 3 is 2.78 bits per heavy atom. The zero-order chi connectivity index (χ0) is 16.1. The van der Waals surface area contributed by atoms with E-state index in [-0.39, 0.29) is 0 Å². The quantitative estimate of drug-likeness (QED) is 0.838. The van der Waals surface area contributed by atoms with Crippen LogP contribution in [0.15, 0.2) is 24.3 Å². The number of benzene rings is 1. The van der Waals surface area contributed by atoms with Gasteiger partial charge in [-0.05, 0) is 43.4 Å². The lowest BCUT2D eigenvalue weighted by Gasteiger charge is -2.32. The van der Waals surface area contributed by atoms with Crippen molar-refractivity contribution in [3.05, 3.63) is 29.8 Å². The standard InChI is InChI=1S/C19H29NO3/c1-22-17-9-4-6-15(12-17)19(21)14-20(16-7-2-3-8-16)13-18-10-5-11-23-18/h4,6,9,12,16,18-19,21H,2-3,5,7-8,10-11,13-14H2,1H3. The maximum absolute atomic E-state index is 10.7. The van der Waals surface area contributed by atoms with Gasteiger partial charge in [0.25, 0.3) is 0 Å². The van der Waals surface area contributed by atoms with Crippen LogP contribution in [0.5, 0.6) is 5.75 Å². The maximum atomic E-state index is 10.7. The Morgan fingerprint density at radius 2 is 2.09 bits per heavy atom. The van der Waals surface area contributed by atoms with E-state index in [0.29, 0.717) is 18.7 Å². The van der Waals surface area contributed by atoms with Crippen molar-refractivity contribution < 1.29 is 14.6 Å². The molecule has 1 aromatic carbocycles. The van der Waals surface area contributed by atoms with Crippen LogP contribution in [0.1, 0.15) is 50.2 Å². The van der Waals surface area contributed by atoms with Crippen molar-refractivity contribution in [2.24, 2.45) is 0 Å². The highest BCUT2D eigenvalue weighted by atomic mass is 16.5. The molecule has 1 heterocycles. The summed E-state index contributed by atoms with van der Waals surface area (Å²) in [6.45, 7) is 2.52. The summed E-state index contributed by atoms with van der Waals surface area (Å²) in [5.74, 6) is 0.799. The molecule has 1 aliphatic carbocycles. The molecule has 0 aromatic heterocycles. The van der Waals surface area contributed by atoms with E-state index in [1.165, 1.54) is 32.1 Å². The second kappa shape index (κ2) is 8.13. The Hall–Kier alpha value is -1.10. The lowest BCUT2D eigenvalue weighted by Crippen LogP contribution is -2.41. The summed E-state index contributed by atoms with van der Waals surface area (Å²) in [6, 6.07) is 8.36. The van der Waals surface area contributed by atoms with Gasteiger partial charge in [-0.2, -0.15) is 0 Å². The molecule has 4 nitrogen and oxygen atoms in total. The van der Waals surface area contributed by atoms with Gasteiger partial charge in [0.2, 0.25) is 0 Å². The first kappa shape index (κ1) is 16.7. The molecule has 0 bridgehead atoms. The van der Waals surface area contributed by atoms with Crippen molar-refractivity contribution in [2.75, 3.05) is 26.8 Å². The van der Waals surface area contributed by atoms with E-state index >= 15 is 0 Å². The van der Waals surface area contributed by atoms with E-state index in [2.05, 4.69) is 4.90 Å². The molecule has 23 heavy (non-hydrogen) atoms. The van der Waals surface area contributed by atoms with Gasteiger partial charge in [-0.1, -0.05) is 25.0 Å². The highest BCUT2D eigenvalue weighted by Crippen LogP contribution is 2.28. The van der Waals surface area contributed by atoms with E-state index in [1.54, 1.807) is 7.11 Å². The third-order valence-corrected chi connectivity index (χ3v) is 5.19. The van der Waals surface area contributed by atoms with E-state index in [9.17, 15) is 5.11 Å². The number of rotatable bonds is 7. The Balaban J connectivity index is 1.65. The number of hydrogen-bond acceptors (Lipinski definition) is 4. The third-order valence-electron chi connectivity index (χ3n) is 5.19. The zero-order valence-corrected chi connectivity index (χ0v) is 14.1. The van der Waals surface area contributed by atoms with E-state index in [4.69, 9.17) is 9.47 Å². The average molecular weight is 319 g/mol. The second-order valence-corrected chi connectivity index (χ2v) is 6.82. The van der Waals surface area contributed by atoms with Gasteiger partial charge >= 0.3 is 0 Å². The molecule has 128 valence electrons. The van der Waals surface area contributed by atoms with Crippen molar-refractivity contribution in [3.8, 4) is 5.75 Å². The molecule has 2 unspecified atom stereocenters. The van der Waals surface area contributed by atoms with Gasteiger partial charge < -0.3 is 14.6 Å². The predicted molar refractivity (Wildman–Crippen MR) is 90.8 cm³/mol. The van der Waals surface area contributed by atoms with Crippen molar-refractivity contribution in [1.29, 1.82) is 0 Å². The molecule has 0 radical (unpaired) electrons. The van der Waals surface area contributed by atoms with Crippen LogP contribution in [0.3, 0.4) is 0 Å². The van der Waals surface area contributed by atoms with Gasteiger partial charge in [-0.3, -0.25) is 4.90 Å². The summed E-state index contributed by atoms with van der Waals surface area (Å²) in [5.41, 5.74) is 0.930. The molecule has 4 heteroatoms. The van der Waals surface area contributed by atoms with Crippen LogP contribution in [-0.2, 0) is 4.74 Å². The largest absolute Gasteiger partial charge is 0.497 e. The summed E-state index contributed by atoms with van der Waals surface area (Å²) in [6.07, 6.45) is 7.29. The van der Waals surface area contributed by atoms with E-state index < -0.39 is 6.10 Å². The fraction of sp³-hybridized carbons (Fsp3) is 0.684. The van der Waals surface area contributed by atoms with Crippen LogP contribution in [0.25, 0.3) is 0 Å². The normalized spacial score (nSPS) is 23.5. The minimum Gasteiger partial charge on any atom is -0.497 e. The molecule has 2 fully saturated rings. The molecule has 0 amide bonds. The molecule has 1 saturated heterocycles. The van der Waals surface area contributed by atoms with Crippen LogP contribution < -0.4 is 4.74 Å². The molecule has 1 N–H and O–H groups in total. The molecular formula is C19H29NO3. The Morgan fingerprint density at radius 1 is 1.26 bits per heavy atom. The minimum atomic E-state index is -0.480. The van der Waals surface area contributed by atoms with Crippen molar-refractivity contribution in [2.45, 2.75) is 56.8 Å². The molecule has 1 aliphatic heterocycles. The summed E-state index contributed by atoms with van der Waals surface area (Å²) < 4.78 is 11.1. The molecular weight excluding hydrogens is 290 g/mol. The van der Waals surface area contributed by atoms with Crippen LogP contribution in [0.4, 0.5) is 0 Å². The number of hydrogen-bond donors (Lipinski definition) is 1. The van der Waals surface area contributed by atoms with Gasteiger partial charge in [-0.25, -0.2) is 0 Å². The number of aliphatic hydroxyl groups excluding tert-OH is 1. The monoisotopic (exact) mass is 319 g/mol. The summed E-state index contributed by atoms with van der Waals surface area (Å²) in [5, 5.41) is 10.7. The molecule has 2 aliphatic rings. The first-order valence-electron chi connectivity index (χ1n) is 8.94. The van der Waals surface area contributed by atoms with Crippen LogP contribution in [0.2, 0.25) is 0 Å². The second-order valence-electron chi connectivity index (χ2n) is 6.82. The minimum absolute atomic E-state index is 0.341. The first-order valence-corrected chi connectivity index (χ1v) is 8.94. The number of methoxy groups -OCH3 is 1. The number of aliphatic hydroxyl groups is 1. The van der Waals surface area contributed by atoms with Crippen molar-refractivity contribution >= 4 is 0 Å². The summed E-state index contributed by atoms with van der Waals surface area (Å²) >= 11 is 0. The third kappa shape index (κ3) is 4.46. The van der Waals surface area contributed by atoms with Gasteiger partial charge in [-0.15, -0.1) is 0 Å². The average Bonchev–Trinajstić information content (AvgIpc) is 3.27. The topological polar surface area (TPSA) is 41.9 Å². The van der Waals surface area contributed by atoms with Gasteiger partial charge in [0, 0.05) is 25.7 Å². The highest BCUT2D eigenvalue weighted by Gasteiger charge is 2.28. The lowest BCUT2D eigenvalue weighted by atomic mass is 10.1. The molecule has 3 rings (SSSR count). The highest BCUT2D eigenvalue weighted by molar-refractivity contribution is 5.29. The van der Waals surface area contributed by atoms with Crippen molar-refractivity contribution in [3.63, 3.8) is 0 Å². The molecule has 1 aromatic rings. The molecule has 2 atom stereocenters. The van der Waals surface area contributed by atoms with Crippen LogP contribution in [-0.4, -0.2) is 49.0 Å². The Bertz CT molecular complexity index is 481. The zero-order valence-electron chi connectivity index (χ0n) is 14.1.